The zero-order valence-corrected chi connectivity index (χ0v) is 10.4. The van der Waals surface area contributed by atoms with Crippen molar-refractivity contribution in [1.29, 1.82) is 0 Å². The van der Waals surface area contributed by atoms with E-state index in [0.29, 0.717) is 10.9 Å². The average molecular weight is 265 g/mol. The lowest BCUT2D eigenvalue weighted by molar-refractivity contribution is 0.0594. The third-order valence-corrected chi connectivity index (χ3v) is 2.91. The predicted octanol–water partition coefficient (Wildman–Crippen LogP) is 0.861. The molecule has 3 N–H and O–H groups in total. The number of nitrogens with one attached hydrogen (secondary N) is 1. The monoisotopic (exact) mass is 265 g/mol. The molecule has 0 amide bonds. The van der Waals surface area contributed by atoms with Crippen molar-refractivity contribution in [1.82, 2.24) is 20.2 Å². The number of aromatic amines is 1. The lowest BCUT2D eigenvalue weighted by Crippen LogP contribution is -2.05. The van der Waals surface area contributed by atoms with Crippen molar-refractivity contribution in [3.05, 3.63) is 29.6 Å². The number of H-pyrrole nitrogens is 1. The number of nitrogen functional groups attached to an aromatic ring is 1. The van der Waals surface area contributed by atoms with E-state index in [1.54, 1.807) is 12.1 Å². The molecule has 0 spiro atoms. The van der Waals surface area contributed by atoms with Crippen molar-refractivity contribution in [2.45, 2.75) is 10.9 Å². The Balaban J connectivity index is 2.03. The number of aromatic nitrogens is 4. The van der Waals surface area contributed by atoms with Crippen LogP contribution in [0.3, 0.4) is 0 Å². The smallest absolute Gasteiger partial charge is 0.356 e. The standard InChI is InChI=1S/C10H11N5O2S/c1-17-8(16)7-4-2-3-6(12-7)5-18-10-13-9(11)14-15-10/h2-4H,5H2,1H3,(H3,11,13,14,15). The largest absolute Gasteiger partial charge is 0.464 e. The first-order valence-corrected chi connectivity index (χ1v) is 6.02. The van der Waals surface area contributed by atoms with Gasteiger partial charge in [0, 0.05) is 5.75 Å². The summed E-state index contributed by atoms with van der Waals surface area (Å²) in [6.45, 7) is 0. The molecule has 0 saturated heterocycles. The van der Waals surface area contributed by atoms with Gasteiger partial charge in [0.05, 0.1) is 12.8 Å². The molecule has 0 bridgehead atoms. The molecule has 0 aromatic carbocycles. The Morgan fingerprint density at radius 3 is 3.00 bits per heavy atom. The highest BCUT2D eigenvalue weighted by molar-refractivity contribution is 7.98. The van der Waals surface area contributed by atoms with Gasteiger partial charge in [-0.25, -0.2) is 14.9 Å². The first-order chi connectivity index (χ1) is 8.69. The van der Waals surface area contributed by atoms with Crippen LogP contribution < -0.4 is 5.73 Å². The molecular weight excluding hydrogens is 254 g/mol. The summed E-state index contributed by atoms with van der Waals surface area (Å²) in [6.07, 6.45) is 0. The van der Waals surface area contributed by atoms with E-state index in [2.05, 4.69) is 24.9 Å². The Kier molecular flexibility index (Phi) is 3.78. The van der Waals surface area contributed by atoms with Crippen LogP contribution in [0.2, 0.25) is 0 Å². The molecule has 0 aliphatic rings. The first-order valence-electron chi connectivity index (χ1n) is 5.04. The van der Waals surface area contributed by atoms with Gasteiger partial charge in [-0.05, 0) is 12.1 Å². The molecule has 0 saturated carbocycles. The van der Waals surface area contributed by atoms with Crippen molar-refractivity contribution in [3.8, 4) is 0 Å². The van der Waals surface area contributed by atoms with Gasteiger partial charge in [-0.15, -0.1) is 5.10 Å². The van der Waals surface area contributed by atoms with Gasteiger partial charge in [0.2, 0.25) is 11.1 Å². The van der Waals surface area contributed by atoms with Crippen molar-refractivity contribution in [2.24, 2.45) is 0 Å². The van der Waals surface area contributed by atoms with Gasteiger partial charge in [0.1, 0.15) is 5.69 Å². The van der Waals surface area contributed by atoms with Gasteiger partial charge in [0.15, 0.2) is 0 Å². The number of carbonyl (C=O) groups is 1. The van der Waals surface area contributed by atoms with E-state index in [1.807, 2.05) is 6.07 Å². The number of nitrogens with two attached hydrogens (primary N) is 1. The SMILES string of the molecule is COC(=O)c1cccc(CSc2n[nH]c(N)n2)n1. The number of ether oxygens (including phenoxy) is 1. The van der Waals surface area contributed by atoms with Crippen LogP contribution in [-0.2, 0) is 10.5 Å². The van der Waals surface area contributed by atoms with Gasteiger partial charge in [-0.2, -0.15) is 4.98 Å². The minimum atomic E-state index is -0.455. The van der Waals surface area contributed by atoms with E-state index in [-0.39, 0.29) is 11.6 Å². The summed E-state index contributed by atoms with van der Waals surface area (Å²) < 4.78 is 4.60. The Morgan fingerprint density at radius 2 is 2.33 bits per heavy atom. The van der Waals surface area contributed by atoms with E-state index in [9.17, 15) is 4.79 Å². The van der Waals surface area contributed by atoms with Crippen LogP contribution in [0.15, 0.2) is 23.4 Å². The second kappa shape index (κ2) is 5.50. The number of hydrogen-bond acceptors (Lipinski definition) is 7. The third-order valence-electron chi connectivity index (χ3n) is 2.03. The molecule has 0 atom stereocenters. The van der Waals surface area contributed by atoms with E-state index in [1.165, 1.54) is 18.9 Å². The fraction of sp³-hybridized carbons (Fsp3) is 0.200. The molecule has 0 unspecified atom stereocenters. The summed E-state index contributed by atoms with van der Waals surface area (Å²) in [5.41, 5.74) is 6.43. The Morgan fingerprint density at radius 1 is 1.50 bits per heavy atom. The summed E-state index contributed by atoms with van der Waals surface area (Å²) in [5, 5.41) is 6.97. The molecule has 8 heteroatoms. The second-order valence-electron chi connectivity index (χ2n) is 3.30. The van der Waals surface area contributed by atoms with E-state index in [4.69, 9.17) is 5.73 Å². The highest BCUT2D eigenvalue weighted by atomic mass is 32.2. The van der Waals surface area contributed by atoms with Crippen LogP contribution in [0.25, 0.3) is 0 Å². The minimum Gasteiger partial charge on any atom is -0.464 e. The third kappa shape index (κ3) is 2.98. The summed E-state index contributed by atoms with van der Waals surface area (Å²) in [4.78, 5) is 19.4. The van der Waals surface area contributed by atoms with Crippen LogP contribution in [0.1, 0.15) is 16.2 Å². The lowest BCUT2D eigenvalue weighted by Gasteiger charge is -2.01. The Labute approximate surface area is 107 Å². The van der Waals surface area contributed by atoms with E-state index < -0.39 is 5.97 Å². The van der Waals surface area contributed by atoms with Gasteiger partial charge in [0.25, 0.3) is 0 Å². The van der Waals surface area contributed by atoms with E-state index in [0.717, 1.165) is 5.69 Å². The van der Waals surface area contributed by atoms with Crippen LogP contribution in [0.4, 0.5) is 5.95 Å². The topological polar surface area (TPSA) is 107 Å². The average Bonchev–Trinajstić information content (AvgIpc) is 2.81. The molecule has 0 fully saturated rings. The number of nitrogens with zero attached hydrogens (tertiary/aromatic N) is 3. The Hall–Kier alpha value is -2.09. The van der Waals surface area contributed by atoms with Gasteiger partial charge < -0.3 is 10.5 Å². The molecule has 2 rings (SSSR count). The molecule has 0 radical (unpaired) electrons. The van der Waals surface area contributed by atoms with Gasteiger partial charge in [-0.3, -0.25) is 0 Å². The number of carbonyl (C=O) groups excluding carboxylic acids is 1. The summed E-state index contributed by atoms with van der Waals surface area (Å²) >= 11 is 1.37. The molecule has 94 valence electrons. The molecule has 0 aliphatic carbocycles. The maximum Gasteiger partial charge on any atom is 0.356 e. The first kappa shape index (κ1) is 12.4. The van der Waals surface area contributed by atoms with E-state index >= 15 is 0 Å². The van der Waals surface area contributed by atoms with Crippen LogP contribution in [0, 0.1) is 0 Å². The predicted molar refractivity (Wildman–Crippen MR) is 65.9 cm³/mol. The number of rotatable bonds is 4. The lowest BCUT2D eigenvalue weighted by atomic mass is 10.3. The molecule has 18 heavy (non-hydrogen) atoms. The molecule has 2 aromatic rings. The molecule has 0 aliphatic heterocycles. The number of esters is 1. The number of methoxy groups -OCH3 is 1. The van der Waals surface area contributed by atoms with Crippen LogP contribution >= 0.6 is 11.8 Å². The zero-order chi connectivity index (χ0) is 13.0. The van der Waals surface area contributed by atoms with Gasteiger partial charge in [-0.1, -0.05) is 17.8 Å². The molecular formula is C10H11N5O2S. The molecule has 2 aromatic heterocycles. The van der Waals surface area contributed by atoms with Gasteiger partial charge >= 0.3 is 5.97 Å². The normalized spacial score (nSPS) is 10.3. The molecule has 7 nitrogen and oxygen atoms in total. The zero-order valence-electron chi connectivity index (χ0n) is 9.58. The number of pyridine rings is 1. The van der Waals surface area contributed by atoms with Crippen molar-refractivity contribution in [2.75, 3.05) is 12.8 Å². The van der Waals surface area contributed by atoms with Crippen LogP contribution in [0.5, 0.6) is 0 Å². The van der Waals surface area contributed by atoms with Crippen molar-refractivity contribution >= 4 is 23.7 Å². The van der Waals surface area contributed by atoms with Crippen molar-refractivity contribution < 1.29 is 9.53 Å². The van der Waals surface area contributed by atoms with Crippen LogP contribution in [-0.4, -0.2) is 33.2 Å². The number of anilines is 1. The maximum absolute atomic E-state index is 11.3. The fourth-order valence-corrected chi connectivity index (χ4v) is 1.95. The fourth-order valence-electron chi connectivity index (χ4n) is 1.24. The van der Waals surface area contributed by atoms with Crippen molar-refractivity contribution in [3.63, 3.8) is 0 Å². The highest BCUT2D eigenvalue weighted by Gasteiger charge is 2.08. The second-order valence-corrected chi connectivity index (χ2v) is 4.24. The Bertz CT molecular complexity index is 557. The quantitative estimate of drug-likeness (QED) is 0.623. The highest BCUT2D eigenvalue weighted by Crippen LogP contribution is 2.18. The summed E-state index contributed by atoms with van der Waals surface area (Å²) in [7, 11) is 1.32. The maximum atomic E-state index is 11.3. The summed E-state index contributed by atoms with van der Waals surface area (Å²) in [6, 6.07) is 5.17. The number of hydrogen-bond donors (Lipinski definition) is 2. The molecule has 2 heterocycles. The minimum absolute atomic E-state index is 0.272. The summed E-state index contributed by atoms with van der Waals surface area (Å²) in [5.74, 6) is 0.361. The number of thioether (sulfide) groups is 1.